The summed E-state index contributed by atoms with van der Waals surface area (Å²) in [4.78, 5) is 31.9. The fraction of sp³-hybridized carbons (Fsp3) is 0.643. The molecule has 4 nitrogen and oxygen atoms in total. The second-order valence-corrected chi connectivity index (χ2v) is 11.9. The highest BCUT2D eigenvalue weighted by Crippen LogP contribution is 2.45. The number of amides is 1. The Kier molecular flexibility index (Phi) is 6.39. The maximum absolute atomic E-state index is 13.8. The van der Waals surface area contributed by atoms with Gasteiger partial charge < -0.3 is 10.2 Å². The van der Waals surface area contributed by atoms with Gasteiger partial charge in [0, 0.05) is 34.3 Å². The lowest BCUT2D eigenvalue weighted by Gasteiger charge is -2.36. The summed E-state index contributed by atoms with van der Waals surface area (Å²) in [6.45, 7) is 12.1. The van der Waals surface area contributed by atoms with Crippen molar-refractivity contribution in [2.24, 2.45) is 17.8 Å². The summed E-state index contributed by atoms with van der Waals surface area (Å²) in [5.74, 6) is 2.17. The van der Waals surface area contributed by atoms with Crippen molar-refractivity contribution in [1.82, 2.24) is 10.2 Å². The number of rotatable bonds is 4. The summed E-state index contributed by atoms with van der Waals surface area (Å²) in [5.41, 5.74) is 5.41. The Morgan fingerprint density at radius 2 is 1.82 bits per heavy atom. The quantitative estimate of drug-likeness (QED) is 0.645. The first-order valence-corrected chi connectivity index (χ1v) is 13.7. The molecular formula is C28H38N2O2S. The van der Waals surface area contributed by atoms with Gasteiger partial charge in [-0.05, 0) is 101 Å². The zero-order chi connectivity index (χ0) is 23.3. The minimum atomic E-state index is 0.131. The van der Waals surface area contributed by atoms with Crippen LogP contribution in [0.4, 0.5) is 0 Å². The summed E-state index contributed by atoms with van der Waals surface area (Å²) in [7, 11) is 0. The molecule has 1 saturated heterocycles. The molecule has 1 amide bonds. The zero-order valence-corrected chi connectivity index (χ0v) is 21.4. The first kappa shape index (κ1) is 23.0. The minimum absolute atomic E-state index is 0.131. The van der Waals surface area contributed by atoms with Crippen LogP contribution >= 0.6 is 11.3 Å². The van der Waals surface area contributed by atoms with Crippen molar-refractivity contribution in [3.05, 3.63) is 43.7 Å². The van der Waals surface area contributed by atoms with Gasteiger partial charge in [0.1, 0.15) is 0 Å². The second kappa shape index (κ2) is 9.14. The maximum Gasteiger partial charge on any atom is 0.255 e. The van der Waals surface area contributed by atoms with Crippen molar-refractivity contribution >= 4 is 23.0 Å². The van der Waals surface area contributed by atoms with Crippen molar-refractivity contribution in [3.8, 4) is 0 Å². The lowest BCUT2D eigenvalue weighted by molar-refractivity contribution is -0.123. The Bertz CT molecular complexity index is 1030. The third-order valence-electron chi connectivity index (χ3n) is 8.86. The number of thiophene rings is 1. The standard InChI is InChI=1S/C28H38N2O2S/c1-16-14-17(2)23(26(31)22-8-7-21(16)22)15-30-13-5-6-24-25(28(30)32)19(4)27(33-24)18(3)20-9-11-29-12-10-20/h14,18,20-22,29H,5-13,15H2,1-4H3/t18-,21?,22?/m1/s1. The molecule has 1 N–H and O–H groups in total. The first-order valence-electron chi connectivity index (χ1n) is 12.9. The van der Waals surface area contributed by atoms with Crippen molar-refractivity contribution in [1.29, 1.82) is 0 Å². The number of piperidine rings is 1. The summed E-state index contributed by atoms with van der Waals surface area (Å²) in [6.07, 6.45) is 8.70. The smallest absolute Gasteiger partial charge is 0.255 e. The Morgan fingerprint density at radius 1 is 1.09 bits per heavy atom. The molecule has 0 radical (unpaired) electrons. The van der Waals surface area contributed by atoms with Crippen LogP contribution in [0.5, 0.6) is 0 Å². The predicted octanol–water partition coefficient (Wildman–Crippen LogP) is 5.42. The van der Waals surface area contributed by atoms with Crippen molar-refractivity contribution in [3.63, 3.8) is 0 Å². The van der Waals surface area contributed by atoms with Crippen LogP contribution < -0.4 is 5.32 Å². The largest absolute Gasteiger partial charge is 0.334 e. The molecule has 2 unspecified atom stereocenters. The number of hydrogen-bond donors (Lipinski definition) is 1. The number of carbonyl (C=O) groups excluding carboxylic acids is 2. The van der Waals surface area contributed by atoms with Gasteiger partial charge in [0.25, 0.3) is 5.91 Å². The van der Waals surface area contributed by atoms with Gasteiger partial charge in [-0.25, -0.2) is 0 Å². The zero-order valence-electron chi connectivity index (χ0n) is 20.6. The Balaban J connectivity index is 1.41. The summed E-state index contributed by atoms with van der Waals surface area (Å²) < 4.78 is 0. The van der Waals surface area contributed by atoms with Gasteiger partial charge in [-0.3, -0.25) is 9.59 Å². The van der Waals surface area contributed by atoms with Crippen LogP contribution in [0, 0.1) is 24.7 Å². The summed E-state index contributed by atoms with van der Waals surface area (Å²) in [5, 5.41) is 3.48. The Hall–Kier alpha value is -1.72. The molecule has 0 spiro atoms. The molecule has 3 heterocycles. The molecule has 3 atom stereocenters. The van der Waals surface area contributed by atoms with E-state index < -0.39 is 0 Å². The van der Waals surface area contributed by atoms with Gasteiger partial charge >= 0.3 is 0 Å². The third kappa shape index (κ3) is 4.05. The Morgan fingerprint density at radius 3 is 2.52 bits per heavy atom. The molecule has 1 aromatic rings. The van der Waals surface area contributed by atoms with Crippen LogP contribution in [0.2, 0.25) is 0 Å². The monoisotopic (exact) mass is 466 g/mol. The van der Waals surface area contributed by atoms with Crippen LogP contribution in [0.15, 0.2) is 22.8 Å². The lowest BCUT2D eigenvalue weighted by atomic mass is 9.68. The number of fused-ring (bicyclic) bond motifs is 2. The number of allylic oxidation sites excluding steroid dienone is 3. The van der Waals surface area contributed by atoms with Gasteiger partial charge in [0.05, 0.1) is 5.56 Å². The first-order chi connectivity index (χ1) is 15.9. The molecule has 0 bridgehead atoms. The average molecular weight is 467 g/mol. The molecule has 178 valence electrons. The highest BCUT2D eigenvalue weighted by molar-refractivity contribution is 7.12. The average Bonchev–Trinajstić information content (AvgIpc) is 2.98. The summed E-state index contributed by atoms with van der Waals surface area (Å²) in [6, 6.07) is 0. The van der Waals surface area contributed by atoms with Crippen LogP contribution in [-0.4, -0.2) is 42.8 Å². The van der Waals surface area contributed by atoms with Gasteiger partial charge in [0.2, 0.25) is 0 Å². The lowest BCUT2D eigenvalue weighted by Crippen LogP contribution is -2.39. The molecule has 5 rings (SSSR count). The van der Waals surface area contributed by atoms with E-state index in [1.54, 1.807) is 0 Å². The molecule has 4 aliphatic rings. The number of nitrogens with zero attached hydrogens (tertiary/aromatic N) is 1. The maximum atomic E-state index is 13.8. The van der Waals surface area contributed by atoms with E-state index >= 15 is 0 Å². The van der Waals surface area contributed by atoms with Crippen molar-refractivity contribution in [2.45, 2.75) is 72.1 Å². The fourth-order valence-corrected chi connectivity index (χ4v) is 8.08. The molecule has 2 aliphatic heterocycles. The van der Waals surface area contributed by atoms with E-state index in [9.17, 15) is 9.59 Å². The predicted molar refractivity (Wildman–Crippen MR) is 135 cm³/mol. The van der Waals surface area contributed by atoms with Crippen LogP contribution in [0.25, 0.3) is 0 Å². The minimum Gasteiger partial charge on any atom is -0.334 e. The van der Waals surface area contributed by atoms with E-state index in [1.165, 1.54) is 33.7 Å². The number of hydrogen-bond acceptors (Lipinski definition) is 4. The van der Waals surface area contributed by atoms with Gasteiger partial charge in [-0.2, -0.15) is 0 Å². The number of ketones is 1. The highest BCUT2D eigenvalue weighted by atomic mass is 32.1. The van der Waals surface area contributed by atoms with Crippen LogP contribution in [0.1, 0.15) is 84.5 Å². The third-order valence-corrected chi connectivity index (χ3v) is 10.4. The molecule has 2 aliphatic carbocycles. The molecule has 33 heavy (non-hydrogen) atoms. The highest BCUT2D eigenvalue weighted by Gasteiger charge is 2.41. The van der Waals surface area contributed by atoms with E-state index in [0.717, 1.165) is 62.0 Å². The van der Waals surface area contributed by atoms with E-state index in [0.29, 0.717) is 24.3 Å². The van der Waals surface area contributed by atoms with Crippen LogP contribution in [-0.2, 0) is 11.2 Å². The van der Waals surface area contributed by atoms with E-state index in [4.69, 9.17) is 0 Å². The number of aryl methyl sites for hydroxylation is 1. The second-order valence-electron chi connectivity index (χ2n) is 10.8. The topological polar surface area (TPSA) is 49.4 Å². The van der Waals surface area contributed by atoms with E-state index in [2.05, 4.69) is 39.1 Å². The SMILES string of the molecule is CC1=CC(C)=C(CN2CCCc3sc([C@H](C)C4CCNCC4)c(C)c3C2=O)C(=O)C2CCC12. The number of nitrogens with one attached hydrogen (secondary N) is 1. The van der Waals surface area contributed by atoms with Crippen LogP contribution in [0.3, 0.4) is 0 Å². The molecule has 5 heteroatoms. The van der Waals surface area contributed by atoms with E-state index in [-0.39, 0.29) is 17.6 Å². The summed E-state index contributed by atoms with van der Waals surface area (Å²) >= 11 is 1.89. The van der Waals surface area contributed by atoms with Crippen molar-refractivity contribution in [2.75, 3.05) is 26.2 Å². The Labute approximate surface area is 202 Å². The van der Waals surface area contributed by atoms with Gasteiger partial charge in [-0.15, -0.1) is 11.3 Å². The molecular weight excluding hydrogens is 428 g/mol. The molecule has 1 saturated carbocycles. The molecule has 2 fully saturated rings. The molecule has 0 aromatic carbocycles. The van der Waals surface area contributed by atoms with Gasteiger partial charge in [-0.1, -0.05) is 18.6 Å². The van der Waals surface area contributed by atoms with E-state index in [1.807, 2.05) is 16.2 Å². The fourth-order valence-electron chi connectivity index (χ4n) is 6.59. The van der Waals surface area contributed by atoms with Crippen molar-refractivity contribution < 1.29 is 9.59 Å². The van der Waals surface area contributed by atoms with Gasteiger partial charge in [0.15, 0.2) is 5.78 Å². The normalized spacial score (nSPS) is 27.4. The molecule has 1 aromatic heterocycles. The number of carbonyl (C=O) groups is 2. The number of Topliss-reactive ketones (excluding diaryl/α,β-unsaturated/α-hetero) is 1.